The summed E-state index contributed by atoms with van der Waals surface area (Å²) in [4.78, 5) is 21.1. The van der Waals surface area contributed by atoms with Crippen LogP contribution in [0.1, 0.15) is 55.7 Å². The number of carbonyl (C=O) groups is 1. The van der Waals surface area contributed by atoms with Crippen molar-refractivity contribution >= 4 is 29.9 Å². The molecule has 0 amide bonds. The highest BCUT2D eigenvalue weighted by Crippen LogP contribution is 2.44. The van der Waals surface area contributed by atoms with Gasteiger partial charge >= 0.3 is 5.97 Å². The Labute approximate surface area is 200 Å². The van der Waals surface area contributed by atoms with Crippen LogP contribution >= 0.6 is 0 Å². The number of nitrogens with one attached hydrogen (secondary N) is 1. The highest BCUT2D eigenvalue weighted by atomic mass is 19.1. The number of aromatic amines is 1. The van der Waals surface area contributed by atoms with Crippen LogP contribution in [0.2, 0.25) is 6.82 Å². The van der Waals surface area contributed by atoms with E-state index in [1.54, 1.807) is 0 Å². The molecule has 0 bridgehead atoms. The summed E-state index contributed by atoms with van der Waals surface area (Å²) in [5.41, 5.74) is 5.30. The standard InChI is InChI=1S/C26H31BFN2O4/c1-13-15-9-8-10-33-22(15)18(28)11-16(13)21-17-12-19(27-6)30-24(17)29-14(2)20(21)23(25(31)32-7)34-26(3,4)5/h11-12,23H,8-10H2,1-7H3,(H,29,30). The lowest BCUT2D eigenvalue weighted by molar-refractivity contribution is -0.164. The number of ether oxygens (including phenoxy) is 3. The van der Waals surface area contributed by atoms with E-state index in [0.29, 0.717) is 34.8 Å². The van der Waals surface area contributed by atoms with Crippen molar-refractivity contribution in [3.05, 3.63) is 40.3 Å². The fourth-order valence-electron chi connectivity index (χ4n) is 4.67. The van der Waals surface area contributed by atoms with Crippen LogP contribution < -0.4 is 10.3 Å². The van der Waals surface area contributed by atoms with E-state index in [1.165, 1.54) is 13.2 Å². The summed E-state index contributed by atoms with van der Waals surface area (Å²) in [5.74, 6) is -0.617. The van der Waals surface area contributed by atoms with E-state index in [1.807, 2.05) is 54.8 Å². The summed E-state index contributed by atoms with van der Waals surface area (Å²) in [5, 5.41) is 0.791. The van der Waals surface area contributed by atoms with E-state index >= 15 is 4.39 Å². The molecule has 0 fully saturated rings. The van der Waals surface area contributed by atoms with Crippen molar-refractivity contribution in [2.45, 2.75) is 66.0 Å². The molecular weight excluding hydrogens is 434 g/mol. The van der Waals surface area contributed by atoms with Crippen molar-refractivity contribution < 1.29 is 23.4 Å². The number of carbonyl (C=O) groups excluding carboxylic acids is 1. The number of H-pyrrole nitrogens is 1. The highest BCUT2D eigenvalue weighted by molar-refractivity contribution is 6.51. The van der Waals surface area contributed by atoms with Crippen LogP contribution in [0.15, 0.2) is 12.1 Å². The number of nitrogens with zero attached hydrogens (tertiary/aromatic N) is 1. The minimum Gasteiger partial charge on any atom is -0.490 e. The fraction of sp³-hybridized carbons (Fsp3) is 0.462. The molecule has 1 atom stereocenters. The SMILES string of the molecule is C[B]c1cc2c(-c3cc(F)c4c(c3C)CCCO4)c(C(OC(C)(C)C)C(=O)OC)c(C)nc2[nH]1. The number of methoxy groups -OCH3 is 1. The van der Waals surface area contributed by atoms with E-state index in [9.17, 15) is 4.79 Å². The zero-order valence-corrected chi connectivity index (χ0v) is 20.9. The van der Waals surface area contributed by atoms with Gasteiger partial charge in [0.15, 0.2) is 25.0 Å². The molecule has 1 radical (unpaired) electrons. The molecule has 3 aromatic rings. The molecule has 0 saturated carbocycles. The van der Waals surface area contributed by atoms with Gasteiger partial charge in [-0.1, -0.05) is 6.82 Å². The van der Waals surface area contributed by atoms with Gasteiger partial charge in [0.05, 0.1) is 19.3 Å². The molecular formula is C26H31BFN2O4. The zero-order valence-electron chi connectivity index (χ0n) is 20.9. The second kappa shape index (κ2) is 9.06. The molecule has 179 valence electrons. The average molecular weight is 465 g/mol. The van der Waals surface area contributed by atoms with Gasteiger partial charge in [0.1, 0.15) is 5.65 Å². The maximum absolute atomic E-state index is 15.3. The number of esters is 1. The molecule has 8 heteroatoms. The topological polar surface area (TPSA) is 73.4 Å². The van der Waals surface area contributed by atoms with Gasteiger partial charge in [-0.2, -0.15) is 0 Å². The highest BCUT2D eigenvalue weighted by Gasteiger charge is 2.34. The third kappa shape index (κ3) is 4.31. The Morgan fingerprint density at radius 3 is 2.68 bits per heavy atom. The molecule has 1 aromatic carbocycles. The van der Waals surface area contributed by atoms with E-state index in [2.05, 4.69) is 4.98 Å². The Morgan fingerprint density at radius 2 is 2.03 bits per heavy atom. The number of fused-ring (bicyclic) bond motifs is 2. The first-order chi connectivity index (χ1) is 16.1. The van der Waals surface area contributed by atoms with E-state index < -0.39 is 23.5 Å². The maximum atomic E-state index is 15.3. The predicted molar refractivity (Wildman–Crippen MR) is 132 cm³/mol. The number of rotatable bonds is 5. The molecule has 2 aromatic heterocycles. The zero-order chi connectivity index (χ0) is 24.8. The van der Waals surface area contributed by atoms with Crippen LogP contribution in [0.3, 0.4) is 0 Å². The molecule has 1 aliphatic heterocycles. The summed E-state index contributed by atoms with van der Waals surface area (Å²) in [6.45, 7) is 11.9. The first-order valence-electron chi connectivity index (χ1n) is 11.6. The first-order valence-corrected chi connectivity index (χ1v) is 11.6. The molecule has 0 saturated heterocycles. The van der Waals surface area contributed by atoms with Crippen LogP contribution in [0, 0.1) is 19.7 Å². The third-order valence-electron chi connectivity index (χ3n) is 6.19. The number of halogens is 1. The lowest BCUT2D eigenvalue weighted by Crippen LogP contribution is -2.29. The second-order valence-corrected chi connectivity index (χ2v) is 9.69. The number of aryl methyl sites for hydroxylation is 1. The van der Waals surface area contributed by atoms with Crippen LogP contribution in [-0.2, 0) is 20.7 Å². The Balaban J connectivity index is 2.11. The van der Waals surface area contributed by atoms with Gasteiger partial charge in [0.25, 0.3) is 0 Å². The van der Waals surface area contributed by atoms with Crippen LogP contribution in [0.4, 0.5) is 4.39 Å². The Hall–Kier alpha value is -2.87. The van der Waals surface area contributed by atoms with Gasteiger partial charge in [-0.05, 0) is 76.3 Å². The van der Waals surface area contributed by atoms with Crippen molar-refractivity contribution in [2.24, 2.45) is 0 Å². The maximum Gasteiger partial charge on any atom is 0.339 e. The van der Waals surface area contributed by atoms with Gasteiger partial charge < -0.3 is 19.2 Å². The Kier molecular flexibility index (Phi) is 6.47. The van der Waals surface area contributed by atoms with Crippen molar-refractivity contribution in [2.75, 3.05) is 13.7 Å². The Morgan fingerprint density at radius 1 is 1.29 bits per heavy atom. The van der Waals surface area contributed by atoms with Crippen LogP contribution in [0.25, 0.3) is 22.2 Å². The van der Waals surface area contributed by atoms with Crippen LogP contribution in [-0.4, -0.2) is 42.5 Å². The summed E-state index contributed by atoms with van der Waals surface area (Å²) in [6.07, 6.45) is 0.524. The third-order valence-corrected chi connectivity index (χ3v) is 6.19. The van der Waals surface area contributed by atoms with Gasteiger partial charge in [-0.15, -0.1) is 0 Å². The summed E-state index contributed by atoms with van der Waals surface area (Å²) < 4.78 is 32.4. The number of pyridine rings is 1. The van der Waals surface area contributed by atoms with Gasteiger partial charge in [-0.25, -0.2) is 14.2 Å². The predicted octanol–water partition coefficient (Wildman–Crippen LogP) is 4.72. The molecule has 6 nitrogen and oxygen atoms in total. The smallest absolute Gasteiger partial charge is 0.339 e. The molecule has 0 aliphatic carbocycles. The molecule has 1 unspecified atom stereocenters. The molecule has 1 N–H and O–H groups in total. The quantitative estimate of drug-likeness (QED) is 0.436. The van der Waals surface area contributed by atoms with Gasteiger partial charge in [0.2, 0.25) is 0 Å². The average Bonchev–Trinajstić information content (AvgIpc) is 3.21. The van der Waals surface area contributed by atoms with Crippen molar-refractivity contribution in [1.82, 2.24) is 9.97 Å². The number of hydrogen-bond acceptors (Lipinski definition) is 5. The minimum absolute atomic E-state index is 0.322. The summed E-state index contributed by atoms with van der Waals surface area (Å²) >= 11 is 0. The summed E-state index contributed by atoms with van der Waals surface area (Å²) in [7, 11) is 3.28. The van der Waals surface area contributed by atoms with Crippen LogP contribution in [0.5, 0.6) is 5.75 Å². The van der Waals surface area contributed by atoms with E-state index in [4.69, 9.17) is 19.2 Å². The molecule has 34 heavy (non-hydrogen) atoms. The first kappa shape index (κ1) is 24.3. The lowest BCUT2D eigenvalue weighted by Gasteiger charge is -2.29. The van der Waals surface area contributed by atoms with Crippen molar-refractivity contribution in [1.29, 1.82) is 0 Å². The monoisotopic (exact) mass is 465 g/mol. The van der Waals surface area contributed by atoms with Gasteiger partial charge in [0, 0.05) is 27.8 Å². The molecule has 1 aliphatic rings. The number of aromatic nitrogens is 2. The minimum atomic E-state index is -1.03. The molecule has 3 heterocycles. The number of benzene rings is 1. The lowest BCUT2D eigenvalue weighted by atomic mass is 9.78. The summed E-state index contributed by atoms with van der Waals surface area (Å²) in [6, 6.07) is 3.48. The largest absolute Gasteiger partial charge is 0.490 e. The van der Waals surface area contributed by atoms with Crippen molar-refractivity contribution in [3.8, 4) is 16.9 Å². The molecule has 0 spiro atoms. The second-order valence-electron chi connectivity index (χ2n) is 9.69. The fourth-order valence-corrected chi connectivity index (χ4v) is 4.67. The molecule has 4 rings (SSSR count). The van der Waals surface area contributed by atoms with E-state index in [-0.39, 0.29) is 0 Å². The normalized spacial score (nSPS) is 14.5. The van der Waals surface area contributed by atoms with Crippen molar-refractivity contribution in [3.63, 3.8) is 0 Å². The Bertz CT molecular complexity index is 1260. The van der Waals surface area contributed by atoms with E-state index in [0.717, 1.165) is 40.5 Å². The van der Waals surface area contributed by atoms with Gasteiger partial charge in [-0.3, -0.25) is 0 Å². The number of hydrogen-bond donors (Lipinski definition) is 1.